The molecule has 33 heavy (non-hydrogen) atoms. The quantitative estimate of drug-likeness (QED) is 0.219. The Morgan fingerprint density at radius 3 is 2.70 bits per heavy atom. The minimum Gasteiger partial charge on any atom is -0.356 e. The maximum Gasteiger partial charge on any atom is 0.225 e. The highest BCUT2D eigenvalue weighted by molar-refractivity contribution is 14.0. The summed E-state index contributed by atoms with van der Waals surface area (Å²) in [7, 11) is 1.73. The Labute approximate surface area is 212 Å². The molecular weight excluding hydrogens is 529 g/mol. The molecule has 0 spiro atoms. The van der Waals surface area contributed by atoms with Gasteiger partial charge in [-0.25, -0.2) is 0 Å². The molecule has 2 aliphatic heterocycles. The van der Waals surface area contributed by atoms with Gasteiger partial charge in [0.2, 0.25) is 11.8 Å². The number of anilines is 1. The summed E-state index contributed by atoms with van der Waals surface area (Å²) in [4.78, 5) is 30.9. The lowest BCUT2D eigenvalue weighted by Gasteiger charge is -2.29. The molecular formula is C25H32IN5O2. The smallest absolute Gasteiger partial charge is 0.225 e. The van der Waals surface area contributed by atoms with Gasteiger partial charge in [-0.1, -0.05) is 42.5 Å². The fraction of sp³-hybridized carbons (Fsp3) is 0.400. The third-order valence-corrected chi connectivity index (χ3v) is 6.19. The number of nitrogens with zero attached hydrogens (tertiary/aromatic N) is 2. The molecule has 8 heteroatoms. The Morgan fingerprint density at radius 1 is 1.12 bits per heavy atom. The van der Waals surface area contributed by atoms with Crippen LogP contribution in [0.3, 0.4) is 0 Å². The van der Waals surface area contributed by atoms with Crippen molar-refractivity contribution in [1.29, 1.82) is 0 Å². The van der Waals surface area contributed by atoms with Crippen molar-refractivity contribution in [3.63, 3.8) is 0 Å². The van der Waals surface area contributed by atoms with Crippen LogP contribution < -0.4 is 16.0 Å². The number of carbonyl (C=O) groups excluding carboxylic acids is 2. The highest BCUT2D eigenvalue weighted by Crippen LogP contribution is 2.31. The van der Waals surface area contributed by atoms with Crippen LogP contribution in [0.15, 0.2) is 53.5 Å². The molecule has 2 aromatic carbocycles. The summed E-state index contributed by atoms with van der Waals surface area (Å²) < 4.78 is 0. The Balaban J connectivity index is 0.00000306. The van der Waals surface area contributed by atoms with Crippen LogP contribution >= 0.6 is 24.0 Å². The molecule has 2 aromatic rings. The highest BCUT2D eigenvalue weighted by atomic mass is 127. The van der Waals surface area contributed by atoms with Gasteiger partial charge < -0.3 is 20.9 Å². The summed E-state index contributed by atoms with van der Waals surface area (Å²) in [6.45, 7) is 2.79. The van der Waals surface area contributed by atoms with Gasteiger partial charge in [0.1, 0.15) is 0 Å². The molecule has 0 saturated heterocycles. The number of aliphatic imine (C=N–C) groups is 1. The van der Waals surface area contributed by atoms with Crippen molar-refractivity contribution < 1.29 is 9.59 Å². The largest absolute Gasteiger partial charge is 0.356 e. The van der Waals surface area contributed by atoms with Crippen molar-refractivity contribution >= 4 is 47.4 Å². The normalized spacial score (nSPS) is 17.2. The topological polar surface area (TPSA) is 85.8 Å². The number of halogens is 1. The van der Waals surface area contributed by atoms with Crippen molar-refractivity contribution in [3.8, 4) is 0 Å². The zero-order chi connectivity index (χ0) is 22.3. The van der Waals surface area contributed by atoms with Crippen LogP contribution in [0.5, 0.6) is 0 Å². The molecule has 0 bridgehead atoms. The van der Waals surface area contributed by atoms with E-state index in [0.29, 0.717) is 38.4 Å². The van der Waals surface area contributed by atoms with Gasteiger partial charge in [0.25, 0.3) is 0 Å². The average molecular weight is 561 g/mol. The second-order valence-electron chi connectivity index (χ2n) is 8.35. The molecule has 0 aliphatic carbocycles. The van der Waals surface area contributed by atoms with Crippen LogP contribution in [0.2, 0.25) is 0 Å². The van der Waals surface area contributed by atoms with E-state index in [1.807, 2.05) is 29.2 Å². The number of hydrogen-bond acceptors (Lipinski definition) is 3. The summed E-state index contributed by atoms with van der Waals surface area (Å²) in [6.07, 6.45) is 2.64. The van der Waals surface area contributed by atoms with Crippen LogP contribution in [0.25, 0.3) is 0 Å². The number of benzene rings is 2. The van der Waals surface area contributed by atoms with E-state index in [1.165, 1.54) is 11.1 Å². The number of rotatable bonds is 6. The maximum atomic E-state index is 12.6. The number of fused-ring (bicyclic) bond motifs is 2. The Kier molecular flexibility index (Phi) is 9.11. The third-order valence-electron chi connectivity index (χ3n) is 6.19. The summed E-state index contributed by atoms with van der Waals surface area (Å²) in [5, 5.41) is 9.54. The minimum atomic E-state index is 0. The van der Waals surface area contributed by atoms with Crippen molar-refractivity contribution in [2.75, 3.05) is 32.0 Å². The van der Waals surface area contributed by atoms with Gasteiger partial charge in [-0.15, -0.1) is 24.0 Å². The van der Waals surface area contributed by atoms with Gasteiger partial charge in [0, 0.05) is 57.7 Å². The van der Waals surface area contributed by atoms with Crippen LogP contribution in [0, 0.1) is 0 Å². The lowest BCUT2D eigenvalue weighted by atomic mass is 9.90. The monoisotopic (exact) mass is 561 g/mol. The molecule has 4 rings (SSSR count). The van der Waals surface area contributed by atoms with Crippen molar-refractivity contribution in [3.05, 3.63) is 65.2 Å². The molecule has 0 aromatic heterocycles. The summed E-state index contributed by atoms with van der Waals surface area (Å²) in [6, 6.07) is 16.3. The average Bonchev–Trinajstić information content (AvgIpc) is 2.82. The predicted octanol–water partition coefficient (Wildman–Crippen LogP) is 3.26. The van der Waals surface area contributed by atoms with Crippen molar-refractivity contribution in [1.82, 2.24) is 15.5 Å². The minimum absolute atomic E-state index is 0. The van der Waals surface area contributed by atoms with Crippen LogP contribution in [0.4, 0.5) is 5.69 Å². The molecule has 2 amide bonds. The molecule has 2 aliphatic rings. The SMILES string of the molecule is CN=C(NCCCC(=O)N1CCc2ccccc2C1)NCC1CC(=O)Nc2ccccc21.I. The second kappa shape index (κ2) is 12.0. The van der Waals surface area contributed by atoms with Gasteiger partial charge in [0.15, 0.2) is 5.96 Å². The van der Waals surface area contributed by atoms with Gasteiger partial charge in [-0.2, -0.15) is 0 Å². The second-order valence-corrected chi connectivity index (χ2v) is 8.35. The molecule has 0 radical (unpaired) electrons. The number of amides is 2. The number of guanidine groups is 1. The van der Waals surface area contributed by atoms with Crippen LogP contribution in [0.1, 0.15) is 41.9 Å². The van der Waals surface area contributed by atoms with Gasteiger partial charge in [-0.3, -0.25) is 14.6 Å². The zero-order valence-corrected chi connectivity index (χ0v) is 21.3. The fourth-order valence-electron chi connectivity index (χ4n) is 4.44. The van der Waals surface area contributed by atoms with Gasteiger partial charge >= 0.3 is 0 Å². The molecule has 7 nitrogen and oxygen atoms in total. The first kappa shape index (κ1) is 25.0. The van der Waals surface area contributed by atoms with Gasteiger partial charge in [0.05, 0.1) is 0 Å². The summed E-state index contributed by atoms with van der Waals surface area (Å²) >= 11 is 0. The van der Waals surface area contributed by atoms with Crippen molar-refractivity contribution in [2.24, 2.45) is 4.99 Å². The molecule has 2 heterocycles. The Bertz CT molecular complexity index is 1010. The van der Waals surface area contributed by atoms with E-state index >= 15 is 0 Å². The maximum absolute atomic E-state index is 12.6. The van der Waals surface area contributed by atoms with Crippen LogP contribution in [-0.2, 0) is 22.6 Å². The van der Waals surface area contributed by atoms with E-state index in [0.717, 1.165) is 30.6 Å². The molecule has 1 atom stereocenters. The van der Waals surface area contributed by atoms with E-state index in [4.69, 9.17) is 0 Å². The molecule has 0 saturated carbocycles. The first-order valence-corrected chi connectivity index (χ1v) is 11.3. The number of carbonyl (C=O) groups is 2. The lowest BCUT2D eigenvalue weighted by molar-refractivity contribution is -0.132. The molecule has 3 N–H and O–H groups in total. The molecule has 1 unspecified atom stereocenters. The summed E-state index contributed by atoms with van der Waals surface area (Å²) in [5.41, 5.74) is 4.64. The zero-order valence-electron chi connectivity index (χ0n) is 19.0. The number of nitrogens with one attached hydrogen (secondary N) is 3. The molecule has 0 fully saturated rings. The fourth-order valence-corrected chi connectivity index (χ4v) is 4.44. The van der Waals surface area contributed by atoms with Crippen molar-refractivity contribution in [2.45, 2.75) is 38.1 Å². The highest BCUT2D eigenvalue weighted by Gasteiger charge is 2.25. The first-order valence-electron chi connectivity index (χ1n) is 11.3. The Hall–Kier alpha value is -2.62. The van der Waals surface area contributed by atoms with E-state index in [2.05, 4.69) is 45.2 Å². The number of para-hydroxylation sites is 1. The predicted molar refractivity (Wildman–Crippen MR) is 142 cm³/mol. The van der Waals surface area contributed by atoms with E-state index in [-0.39, 0.29) is 41.7 Å². The van der Waals surface area contributed by atoms with E-state index < -0.39 is 0 Å². The van der Waals surface area contributed by atoms with E-state index in [9.17, 15) is 9.59 Å². The number of hydrogen-bond donors (Lipinski definition) is 3. The van der Waals surface area contributed by atoms with E-state index in [1.54, 1.807) is 7.05 Å². The van der Waals surface area contributed by atoms with Gasteiger partial charge in [-0.05, 0) is 35.6 Å². The summed E-state index contributed by atoms with van der Waals surface area (Å²) in [5.74, 6) is 1.03. The Morgan fingerprint density at radius 2 is 1.88 bits per heavy atom. The third kappa shape index (κ3) is 6.46. The molecule has 176 valence electrons. The van der Waals surface area contributed by atoms with Crippen LogP contribution in [-0.4, -0.2) is 49.4 Å². The lowest BCUT2D eigenvalue weighted by Crippen LogP contribution is -2.41. The first-order chi connectivity index (χ1) is 15.6. The standard InChI is InChI=1S/C25H31N5O2.HI/c1-26-25(28-16-20-15-23(31)29-22-10-5-4-9-21(20)22)27-13-6-11-24(32)30-14-12-18-7-2-3-8-19(18)17-30;/h2-5,7-10,20H,6,11-17H2,1H3,(H,29,31)(H2,26,27,28);1H.